The van der Waals surface area contributed by atoms with Gasteiger partial charge in [0.1, 0.15) is 24.4 Å². The van der Waals surface area contributed by atoms with Crippen LogP contribution in [0.1, 0.15) is 24.9 Å². The lowest BCUT2D eigenvalue weighted by Crippen LogP contribution is -2.48. The normalized spacial score (nSPS) is 28.6. The molecule has 0 spiro atoms. The average Bonchev–Trinajstić information content (AvgIpc) is 3.14. The van der Waals surface area contributed by atoms with Gasteiger partial charge in [0.25, 0.3) is 0 Å². The Morgan fingerprint density at radius 2 is 2.08 bits per heavy atom. The molecule has 4 heterocycles. The van der Waals surface area contributed by atoms with E-state index in [1.165, 1.54) is 31.6 Å². The van der Waals surface area contributed by atoms with Gasteiger partial charge in [-0.15, -0.1) is 0 Å². The van der Waals surface area contributed by atoms with E-state index in [9.17, 15) is 19.4 Å². The zero-order valence-electron chi connectivity index (χ0n) is 20.5. The summed E-state index contributed by atoms with van der Waals surface area (Å²) in [5, 5.41) is 19.6. The first kappa shape index (κ1) is 25.6. The Hall–Kier alpha value is -4.01. The SMILES string of the molecule is COc1cncc(-c2cc(F)ccc2C2C[C@H]3N=C(N)N=C(C)C3C(NOCC3OC(=O)C(O)C3O)=N2)n1. The second kappa shape index (κ2) is 10.4. The first-order valence-electron chi connectivity index (χ1n) is 11.8. The van der Waals surface area contributed by atoms with E-state index in [4.69, 9.17) is 25.0 Å². The van der Waals surface area contributed by atoms with E-state index in [2.05, 4.69) is 25.4 Å². The van der Waals surface area contributed by atoms with E-state index in [0.29, 0.717) is 34.8 Å². The van der Waals surface area contributed by atoms with Crippen molar-refractivity contribution < 1.29 is 33.7 Å². The van der Waals surface area contributed by atoms with Gasteiger partial charge in [0, 0.05) is 11.3 Å². The Morgan fingerprint density at radius 3 is 2.82 bits per heavy atom. The van der Waals surface area contributed by atoms with E-state index in [1.807, 2.05) is 0 Å². The summed E-state index contributed by atoms with van der Waals surface area (Å²) in [5.41, 5.74) is 11.0. The number of ether oxygens (including phenoxy) is 2. The number of halogens is 1. The number of nitrogens with two attached hydrogens (primary N) is 1. The Bertz CT molecular complexity index is 1340. The summed E-state index contributed by atoms with van der Waals surface area (Å²) in [4.78, 5) is 39.2. The number of aliphatic imine (C=N–C) groups is 3. The van der Waals surface area contributed by atoms with Crippen molar-refractivity contribution in [2.45, 2.75) is 43.7 Å². The number of fused-ring (bicyclic) bond motifs is 1. The molecule has 5 unspecified atom stereocenters. The number of aromatic nitrogens is 2. The van der Waals surface area contributed by atoms with Gasteiger partial charge in [-0.3, -0.25) is 20.3 Å². The number of esters is 1. The van der Waals surface area contributed by atoms with E-state index in [-0.39, 0.29) is 30.4 Å². The van der Waals surface area contributed by atoms with Gasteiger partial charge in [-0.1, -0.05) is 6.07 Å². The van der Waals surface area contributed by atoms with Crippen LogP contribution in [0.3, 0.4) is 0 Å². The fourth-order valence-electron chi connectivity index (χ4n) is 4.77. The molecule has 0 amide bonds. The summed E-state index contributed by atoms with van der Waals surface area (Å²) in [6.45, 7) is 1.54. The van der Waals surface area contributed by atoms with Gasteiger partial charge < -0.3 is 25.4 Å². The highest BCUT2D eigenvalue weighted by Gasteiger charge is 2.43. The minimum atomic E-state index is -1.63. The largest absolute Gasteiger partial charge is 0.480 e. The van der Waals surface area contributed by atoms with Crippen LogP contribution >= 0.6 is 0 Å². The van der Waals surface area contributed by atoms with Crippen molar-refractivity contribution in [3.8, 4) is 17.1 Å². The number of methoxy groups -OCH3 is 1. The number of benzene rings is 1. The second-order valence-electron chi connectivity index (χ2n) is 9.05. The van der Waals surface area contributed by atoms with Gasteiger partial charge in [0.15, 0.2) is 12.2 Å². The maximum absolute atomic E-state index is 14.4. The number of carbonyl (C=O) groups excluding carboxylic acids is 1. The lowest BCUT2D eigenvalue weighted by Gasteiger charge is -2.35. The average molecular weight is 528 g/mol. The molecule has 0 aliphatic carbocycles. The predicted octanol–water partition coefficient (Wildman–Crippen LogP) is 0.0770. The van der Waals surface area contributed by atoms with Crippen molar-refractivity contribution in [3.05, 3.63) is 42.0 Å². The topological polar surface area (TPSA) is 186 Å². The van der Waals surface area contributed by atoms with E-state index in [0.717, 1.165) is 0 Å². The Morgan fingerprint density at radius 1 is 1.26 bits per heavy atom. The van der Waals surface area contributed by atoms with Crippen LogP contribution in [0.5, 0.6) is 5.88 Å². The molecular formula is C24H26FN7O6. The Kier molecular flexibility index (Phi) is 7.01. The lowest BCUT2D eigenvalue weighted by atomic mass is 9.82. The fourth-order valence-corrected chi connectivity index (χ4v) is 4.77. The third kappa shape index (κ3) is 4.92. The van der Waals surface area contributed by atoms with Crippen molar-refractivity contribution in [3.63, 3.8) is 0 Å². The molecule has 0 radical (unpaired) electrons. The van der Waals surface area contributed by atoms with Crippen LogP contribution in [0, 0.1) is 11.7 Å². The monoisotopic (exact) mass is 527 g/mol. The van der Waals surface area contributed by atoms with Gasteiger partial charge in [-0.25, -0.2) is 24.2 Å². The van der Waals surface area contributed by atoms with Crippen molar-refractivity contribution >= 4 is 23.5 Å². The highest BCUT2D eigenvalue weighted by atomic mass is 19.1. The summed E-state index contributed by atoms with van der Waals surface area (Å²) >= 11 is 0. The van der Waals surface area contributed by atoms with Crippen LogP contribution in [-0.4, -0.2) is 81.7 Å². The van der Waals surface area contributed by atoms with Gasteiger partial charge >= 0.3 is 5.97 Å². The van der Waals surface area contributed by atoms with Gasteiger partial charge in [0.2, 0.25) is 11.8 Å². The molecule has 0 saturated carbocycles. The molecule has 200 valence electrons. The second-order valence-corrected chi connectivity index (χ2v) is 9.05. The maximum atomic E-state index is 14.4. The van der Waals surface area contributed by atoms with Gasteiger partial charge in [-0.05, 0) is 31.0 Å². The smallest absolute Gasteiger partial charge is 0.338 e. The van der Waals surface area contributed by atoms with Crippen LogP contribution in [-0.2, 0) is 14.4 Å². The Balaban J connectivity index is 1.47. The van der Waals surface area contributed by atoms with Crippen LogP contribution < -0.4 is 16.0 Å². The number of nitrogens with zero attached hydrogens (tertiary/aromatic N) is 5. The molecule has 5 N–H and O–H groups in total. The van der Waals surface area contributed by atoms with E-state index >= 15 is 0 Å². The zero-order valence-corrected chi connectivity index (χ0v) is 20.5. The number of carbonyl (C=O) groups is 1. The highest BCUT2D eigenvalue weighted by Crippen LogP contribution is 2.39. The summed E-state index contributed by atoms with van der Waals surface area (Å²) in [6, 6.07) is 3.46. The van der Waals surface area contributed by atoms with Gasteiger partial charge in [0.05, 0.1) is 43.2 Å². The number of aliphatic hydroxyl groups is 2. The third-order valence-electron chi connectivity index (χ3n) is 6.59. The molecule has 2 aromatic rings. The minimum absolute atomic E-state index is 0.137. The van der Waals surface area contributed by atoms with Gasteiger partial charge in [-0.2, -0.15) is 0 Å². The zero-order chi connectivity index (χ0) is 27.0. The molecule has 1 aromatic heterocycles. The lowest BCUT2D eigenvalue weighted by molar-refractivity contribution is -0.149. The third-order valence-corrected chi connectivity index (χ3v) is 6.59. The predicted molar refractivity (Wildman–Crippen MR) is 132 cm³/mol. The molecule has 1 aromatic carbocycles. The van der Waals surface area contributed by atoms with Crippen LogP contribution in [0.15, 0.2) is 45.6 Å². The fraction of sp³-hybridized carbons (Fsp3) is 0.417. The number of aliphatic hydroxyl groups excluding tert-OH is 2. The highest BCUT2D eigenvalue weighted by molar-refractivity contribution is 6.11. The van der Waals surface area contributed by atoms with Crippen molar-refractivity contribution in [2.75, 3.05) is 13.7 Å². The molecule has 5 rings (SSSR count). The molecule has 3 aliphatic rings. The Labute approximate surface area is 216 Å². The number of hydrogen-bond acceptors (Lipinski definition) is 13. The number of cyclic esters (lactones) is 1. The molecule has 0 bridgehead atoms. The molecule has 14 heteroatoms. The van der Waals surface area contributed by atoms with Crippen molar-refractivity contribution in [2.24, 2.45) is 26.6 Å². The standard InChI is InChI=1S/C24H26FN7O6/c1-10-19-15(31-24(26)28-10)6-14(30-22(19)32-37-9-17-20(33)21(34)23(35)38-17)12-4-3-11(25)5-13(12)16-7-27-8-18(29-16)36-2/h3-5,7-8,14-15,17,19-21,33-34H,6,9H2,1-2H3,(H2,26,31)(H,30,32)/t14?,15-,17?,19?,20?,21?/m1/s1. The van der Waals surface area contributed by atoms with Crippen LogP contribution in [0.2, 0.25) is 0 Å². The molecule has 38 heavy (non-hydrogen) atoms. The summed E-state index contributed by atoms with van der Waals surface area (Å²) in [5.74, 6) is -0.987. The first-order chi connectivity index (χ1) is 18.2. The number of rotatable bonds is 6. The molecule has 1 fully saturated rings. The summed E-state index contributed by atoms with van der Waals surface area (Å²) in [7, 11) is 1.46. The van der Waals surface area contributed by atoms with E-state index in [1.54, 1.807) is 13.0 Å². The van der Waals surface area contributed by atoms with Crippen LogP contribution in [0.4, 0.5) is 4.39 Å². The minimum Gasteiger partial charge on any atom is -0.480 e. The van der Waals surface area contributed by atoms with Crippen molar-refractivity contribution in [1.82, 2.24) is 15.4 Å². The number of nitrogens with one attached hydrogen (secondary N) is 1. The molecule has 3 aliphatic heterocycles. The summed E-state index contributed by atoms with van der Waals surface area (Å²) < 4.78 is 24.5. The maximum Gasteiger partial charge on any atom is 0.338 e. The quantitative estimate of drug-likeness (QED) is 0.296. The molecule has 1 saturated heterocycles. The van der Waals surface area contributed by atoms with Crippen LogP contribution in [0.25, 0.3) is 11.3 Å². The van der Waals surface area contributed by atoms with E-state index < -0.39 is 36.1 Å². The van der Waals surface area contributed by atoms with Crippen molar-refractivity contribution in [1.29, 1.82) is 0 Å². The number of guanidine groups is 1. The molecule has 13 nitrogen and oxygen atoms in total. The number of hydrogen-bond donors (Lipinski definition) is 4. The summed E-state index contributed by atoms with van der Waals surface area (Å²) in [6.07, 6.45) is -0.730. The number of amidine groups is 1. The number of hydroxylamine groups is 1. The first-order valence-corrected chi connectivity index (χ1v) is 11.8. The molecule has 6 atom stereocenters. The molecular weight excluding hydrogens is 501 g/mol.